The number of benzene rings is 1. The number of anilines is 2. The molecule has 0 aliphatic rings. The summed E-state index contributed by atoms with van der Waals surface area (Å²) in [7, 11) is 0. The minimum atomic E-state index is -4.77. The van der Waals surface area contributed by atoms with Gasteiger partial charge in [0.15, 0.2) is 17.5 Å². The zero-order valence-corrected chi connectivity index (χ0v) is 15.3. The second kappa shape index (κ2) is 9.47. The molecule has 0 bridgehead atoms. The van der Waals surface area contributed by atoms with Crippen LogP contribution in [0.5, 0.6) is 0 Å². The highest BCUT2D eigenvalue weighted by Gasteiger charge is 2.32. The quantitative estimate of drug-likeness (QED) is 0.288. The number of carbonyl (C=O) groups excluding carboxylic acids is 1. The Bertz CT molecular complexity index is 944. The predicted molar refractivity (Wildman–Crippen MR) is 90.4 cm³/mol. The molecule has 0 saturated heterocycles. The Labute approximate surface area is 169 Å². The number of rotatable bonds is 7. The van der Waals surface area contributed by atoms with E-state index < -0.39 is 76.5 Å². The van der Waals surface area contributed by atoms with Crippen LogP contribution in [0.3, 0.4) is 0 Å². The molecular weight excluding hydrogens is 448 g/mol. The molecule has 7 nitrogen and oxygen atoms in total. The molecular formula is C16H12ClF6N3O4. The van der Waals surface area contributed by atoms with Crippen molar-refractivity contribution in [1.29, 1.82) is 0 Å². The zero-order chi connectivity index (χ0) is 22.6. The van der Waals surface area contributed by atoms with E-state index in [0.717, 1.165) is 0 Å². The summed E-state index contributed by atoms with van der Waals surface area (Å²) in [6, 6.07) is 0.744. The molecule has 164 valence electrons. The van der Waals surface area contributed by atoms with E-state index >= 15 is 0 Å². The first-order valence-corrected chi connectivity index (χ1v) is 8.21. The Morgan fingerprint density at radius 1 is 1.23 bits per heavy atom. The maximum atomic E-state index is 14.3. The van der Waals surface area contributed by atoms with Gasteiger partial charge in [-0.1, -0.05) is 11.6 Å². The van der Waals surface area contributed by atoms with E-state index in [1.165, 1.54) is 0 Å². The van der Waals surface area contributed by atoms with Crippen LogP contribution >= 0.6 is 11.6 Å². The first-order valence-electron chi connectivity index (χ1n) is 7.84. The molecule has 30 heavy (non-hydrogen) atoms. The van der Waals surface area contributed by atoms with Crippen LogP contribution in [0.4, 0.5) is 37.8 Å². The number of amides is 1. The van der Waals surface area contributed by atoms with Gasteiger partial charge in [-0.05, 0) is 12.1 Å². The highest BCUT2D eigenvalue weighted by Crippen LogP contribution is 2.35. The van der Waals surface area contributed by atoms with Gasteiger partial charge in [0.2, 0.25) is 0 Å². The van der Waals surface area contributed by atoms with Gasteiger partial charge in [-0.3, -0.25) is 9.63 Å². The van der Waals surface area contributed by atoms with Gasteiger partial charge in [-0.15, -0.1) is 0 Å². The monoisotopic (exact) mass is 459 g/mol. The van der Waals surface area contributed by atoms with Gasteiger partial charge < -0.3 is 15.5 Å². The van der Waals surface area contributed by atoms with Crippen LogP contribution in [0.1, 0.15) is 15.9 Å². The molecule has 1 atom stereocenters. The normalized spacial score (nSPS) is 12.6. The van der Waals surface area contributed by atoms with E-state index in [2.05, 4.69) is 9.82 Å². The average molecular weight is 460 g/mol. The van der Waals surface area contributed by atoms with Crippen molar-refractivity contribution in [3.05, 3.63) is 51.9 Å². The molecule has 0 aliphatic carbocycles. The lowest BCUT2D eigenvalue weighted by atomic mass is 10.1. The number of halogens is 7. The van der Waals surface area contributed by atoms with Gasteiger partial charge in [0.25, 0.3) is 5.91 Å². The summed E-state index contributed by atoms with van der Waals surface area (Å²) in [6.45, 7) is -1.30. The van der Waals surface area contributed by atoms with Crippen molar-refractivity contribution in [3.63, 3.8) is 0 Å². The van der Waals surface area contributed by atoms with Crippen molar-refractivity contribution in [2.45, 2.75) is 12.3 Å². The van der Waals surface area contributed by atoms with Crippen molar-refractivity contribution >= 4 is 29.0 Å². The van der Waals surface area contributed by atoms with Gasteiger partial charge >= 0.3 is 6.18 Å². The highest BCUT2D eigenvalue weighted by molar-refractivity contribution is 6.33. The highest BCUT2D eigenvalue weighted by atomic mass is 35.5. The topological polar surface area (TPSA) is 104 Å². The molecule has 0 unspecified atom stereocenters. The second-order valence-electron chi connectivity index (χ2n) is 5.66. The van der Waals surface area contributed by atoms with Gasteiger partial charge in [0, 0.05) is 6.20 Å². The lowest BCUT2D eigenvalue weighted by molar-refractivity contribution is -0.137. The summed E-state index contributed by atoms with van der Waals surface area (Å²) in [6.07, 6.45) is -5.80. The van der Waals surface area contributed by atoms with Crippen molar-refractivity contribution in [3.8, 4) is 0 Å². The second-order valence-corrected chi connectivity index (χ2v) is 6.07. The number of nitrogens with one attached hydrogen (secondary N) is 2. The fourth-order valence-corrected chi connectivity index (χ4v) is 2.22. The Kier molecular flexibility index (Phi) is 7.47. The molecule has 0 aliphatic heterocycles. The third-order valence-electron chi connectivity index (χ3n) is 3.47. The first-order chi connectivity index (χ1) is 14.0. The van der Waals surface area contributed by atoms with Crippen molar-refractivity contribution < 1.29 is 46.2 Å². The first kappa shape index (κ1) is 23.7. The molecule has 2 rings (SSSR count). The molecule has 1 aromatic carbocycles. The number of carbonyl (C=O) groups is 1. The summed E-state index contributed by atoms with van der Waals surface area (Å²) in [4.78, 5) is 20.0. The summed E-state index contributed by atoms with van der Waals surface area (Å²) in [5.74, 6) is -7.50. The molecule has 0 saturated carbocycles. The number of hydrogen-bond donors (Lipinski definition) is 4. The summed E-state index contributed by atoms with van der Waals surface area (Å²) in [5.41, 5.74) is -1.38. The van der Waals surface area contributed by atoms with E-state index in [4.69, 9.17) is 21.8 Å². The van der Waals surface area contributed by atoms with Gasteiger partial charge in [-0.25, -0.2) is 23.6 Å². The van der Waals surface area contributed by atoms with E-state index in [0.29, 0.717) is 18.3 Å². The van der Waals surface area contributed by atoms with Gasteiger partial charge in [-0.2, -0.15) is 13.2 Å². The number of nitrogens with zero attached hydrogens (tertiary/aromatic N) is 1. The maximum Gasteiger partial charge on any atom is 0.417 e. The minimum Gasteiger partial charge on any atom is -0.394 e. The minimum absolute atomic E-state index is 0.292. The number of hydroxylamine groups is 1. The molecule has 0 radical (unpaired) electrons. The lowest BCUT2D eigenvalue weighted by Crippen LogP contribution is -2.30. The number of hydrogen-bond acceptors (Lipinski definition) is 6. The lowest BCUT2D eigenvalue weighted by Gasteiger charge is -2.15. The molecule has 14 heteroatoms. The third kappa shape index (κ3) is 5.50. The van der Waals surface area contributed by atoms with Gasteiger partial charge in [0.05, 0.1) is 28.4 Å². The molecule has 4 N–H and O–H groups in total. The van der Waals surface area contributed by atoms with Crippen LogP contribution in [0.2, 0.25) is 5.02 Å². The van der Waals surface area contributed by atoms with Crippen LogP contribution in [0.15, 0.2) is 18.3 Å². The Morgan fingerprint density at radius 3 is 2.47 bits per heavy atom. The van der Waals surface area contributed by atoms with Crippen molar-refractivity contribution in [1.82, 2.24) is 10.5 Å². The standard InChI is InChI=1S/C16H12ClF6N3O4/c17-9-1-6(16(21,22)23)3-24-14(9)25-13-8(2-10(18)11(19)12(13)20)15(29)26-30-5-7(28)4-27/h1-3,7,27-28H,4-5H2,(H,24,25)(H,26,29)/t7-/m1/s1. The van der Waals surface area contributed by atoms with Crippen LogP contribution in [0.25, 0.3) is 0 Å². The average Bonchev–Trinajstić information content (AvgIpc) is 2.68. The molecule has 1 heterocycles. The molecule has 0 fully saturated rings. The molecule has 2 aromatic rings. The largest absolute Gasteiger partial charge is 0.417 e. The number of pyridine rings is 1. The Hall–Kier alpha value is -2.61. The number of aliphatic hydroxyl groups is 2. The van der Waals surface area contributed by atoms with Crippen LogP contribution in [0, 0.1) is 17.5 Å². The van der Waals surface area contributed by atoms with E-state index in [1.54, 1.807) is 5.48 Å². The third-order valence-corrected chi connectivity index (χ3v) is 3.76. The number of aliphatic hydroxyl groups excluding tert-OH is 2. The fourth-order valence-electron chi connectivity index (χ4n) is 2.01. The number of alkyl halides is 3. The molecule has 1 aromatic heterocycles. The van der Waals surface area contributed by atoms with E-state index in [1.807, 2.05) is 5.32 Å². The van der Waals surface area contributed by atoms with Crippen molar-refractivity contribution in [2.75, 3.05) is 18.5 Å². The SMILES string of the molecule is O=C(NOC[C@H](O)CO)c1cc(F)c(F)c(F)c1Nc1ncc(C(F)(F)F)cc1Cl. The molecule has 1 amide bonds. The van der Waals surface area contributed by atoms with Crippen molar-refractivity contribution in [2.24, 2.45) is 0 Å². The Morgan fingerprint density at radius 2 is 1.90 bits per heavy atom. The van der Waals surface area contributed by atoms with Gasteiger partial charge in [0.1, 0.15) is 18.5 Å². The molecule has 0 spiro atoms. The zero-order valence-electron chi connectivity index (χ0n) is 14.5. The van der Waals surface area contributed by atoms with E-state index in [-0.39, 0.29) is 0 Å². The fraction of sp³-hybridized carbons (Fsp3) is 0.250. The predicted octanol–water partition coefficient (Wildman–Crippen LogP) is 2.93. The Balaban J connectivity index is 2.37. The van der Waals surface area contributed by atoms with Crippen LogP contribution in [-0.4, -0.2) is 40.4 Å². The van der Waals surface area contributed by atoms with E-state index in [9.17, 15) is 31.1 Å². The maximum absolute atomic E-state index is 14.3. The summed E-state index contributed by atoms with van der Waals surface area (Å²) in [5, 5.41) is 19.2. The van der Waals surface area contributed by atoms with Crippen LogP contribution < -0.4 is 10.8 Å². The smallest absolute Gasteiger partial charge is 0.394 e. The number of aromatic nitrogens is 1. The summed E-state index contributed by atoms with van der Waals surface area (Å²) >= 11 is 5.68. The summed E-state index contributed by atoms with van der Waals surface area (Å²) < 4.78 is 79.5. The van der Waals surface area contributed by atoms with Crippen LogP contribution in [-0.2, 0) is 11.0 Å².